The third-order valence-electron chi connectivity index (χ3n) is 8.45. The Morgan fingerprint density at radius 2 is 1.51 bits per heavy atom. The first-order valence-corrected chi connectivity index (χ1v) is 18.2. The molecule has 1 aliphatic heterocycles. The minimum absolute atomic E-state index is 0.0219. The van der Waals surface area contributed by atoms with E-state index in [9.17, 15) is 24.3 Å². The minimum atomic E-state index is -3.93. The third-order valence-corrected chi connectivity index (χ3v) is 8.45. The van der Waals surface area contributed by atoms with Gasteiger partial charge in [0.05, 0.1) is 37.0 Å². The van der Waals surface area contributed by atoms with Gasteiger partial charge in [0.25, 0.3) is 5.91 Å². The Morgan fingerprint density at radius 1 is 0.855 bits per heavy atom. The highest BCUT2D eigenvalue weighted by Crippen LogP contribution is 2.40. The normalized spacial score (nSPS) is 12.7. The van der Waals surface area contributed by atoms with Crippen molar-refractivity contribution in [2.24, 2.45) is 0 Å². The minimum Gasteiger partial charge on any atom is -0.497 e. The number of aliphatic carboxylic acids is 1. The number of carbonyl (C=O) groups excluding carboxylic acids is 3. The Hall–Kier alpha value is -5.98. The van der Waals surface area contributed by atoms with E-state index >= 15 is 8.78 Å². The molecule has 2 N–H and O–H groups in total. The van der Waals surface area contributed by atoms with Crippen molar-refractivity contribution in [3.8, 4) is 23.0 Å². The summed E-state index contributed by atoms with van der Waals surface area (Å²) in [5.41, 5.74) is 0.00410. The molecular formula is C42H46F2N2O9. The van der Waals surface area contributed by atoms with Gasteiger partial charge in [0.2, 0.25) is 5.91 Å². The standard InChI is InChI=1S/C40H40F2N2O9.C2H6/c1-3-4-5-6-7-20-51-30-16-10-27(11-17-30)39(49)52-31-14-8-26(9-15-31)24-44(25-37(46)47)38(48)29-13-19-34-35(21-29)53-40(41,42)33-23-32(50-2)18-12-28(33)22-36(45)43-34;1-2/h8-19,21,23H,3-7,20,22,24-25H2,1-2H3,(H,43,45)(H,46,47);1-2H3. The average Bonchev–Trinajstić information content (AvgIpc) is 3.21. The van der Waals surface area contributed by atoms with E-state index in [1.807, 2.05) is 13.8 Å². The number of rotatable bonds is 15. The summed E-state index contributed by atoms with van der Waals surface area (Å²) >= 11 is 0. The number of carboxylic acids is 1. The molecule has 5 rings (SSSR count). The second kappa shape index (κ2) is 19.9. The summed E-state index contributed by atoms with van der Waals surface area (Å²) in [6, 6.07) is 20.2. The lowest BCUT2D eigenvalue weighted by molar-refractivity contribution is -0.185. The zero-order chi connectivity index (χ0) is 40.0. The number of halogens is 2. The van der Waals surface area contributed by atoms with Gasteiger partial charge in [-0.1, -0.05) is 64.7 Å². The van der Waals surface area contributed by atoms with Crippen LogP contribution in [-0.2, 0) is 28.7 Å². The van der Waals surface area contributed by atoms with Crippen molar-refractivity contribution in [2.75, 3.05) is 25.6 Å². The highest BCUT2D eigenvalue weighted by atomic mass is 19.3. The van der Waals surface area contributed by atoms with Gasteiger partial charge in [0.15, 0.2) is 5.75 Å². The van der Waals surface area contributed by atoms with Gasteiger partial charge in [-0.3, -0.25) is 14.4 Å². The van der Waals surface area contributed by atoms with E-state index in [0.717, 1.165) is 29.9 Å². The van der Waals surface area contributed by atoms with Gasteiger partial charge in [-0.25, -0.2) is 4.79 Å². The number of nitrogens with zero attached hydrogens (tertiary/aromatic N) is 1. The van der Waals surface area contributed by atoms with Crippen molar-refractivity contribution in [3.05, 3.63) is 113 Å². The number of unbranched alkanes of at least 4 members (excludes halogenated alkanes) is 4. The van der Waals surface area contributed by atoms with Gasteiger partial charge in [-0.2, -0.15) is 8.78 Å². The molecule has 13 heteroatoms. The monoisotopic (exact) mass is 760 g/mol. The van der Waals surface area contributed by atoms with Crippen LogP contribution in [-0.4, -0.2) is 54.0 Å². The first-order chi connectivity index (χ1) is 26.4. The van der Waals surface area contributed by atoms with Gasteiger partial charge in [-0.15, -0.1) is 0 Å². The quantitative estimate of drug-likeness (QED) is 0.0692. The van der Waals surface area contributed by atoms with Crippen LogP contribution in [0.4, 0.5) is 14.5 Å². The lowest BCUT2D eigenvalue weighted by Gasteiger charge is -2.23. The van der Waals surface area contributed by atoms with Crippen LogP contribution in [0.15, 0.2) is 84.9 Å². The summed E-state index contributed by atoms with van der Waals surface area (Å²) < 4.78 is 52.6. The van der Waals surface area contributed by atoms with E-state index in [0.29, 0.717) is 23.5 Å². The Morgan fingerprint density at radius 3 is 2.18 bits per heavy atom. The van der Waals surface area contributed by atoms with Crippen LogP contribution >= 0.6 is 0 Å². The third kappa shape index (κ3) is 11.8. The number of benzene rings is 4. The van der Waals surface area contributed by atoms with Crippen LogP contribution in [0, 0.1) is 0 Å². The molecule has 2 amide bonds. The van der Waals surface area contributed by atoms with E-state index in [2.05, 4.69) is 12.2 Å². The smallest absolute Gasteiger partial charge is 0.427 e. The number of carbonyl (C=O) groups is 4. The Labute approximate surface area is 319 Å². The van der Waals surface area contributed by atoms with Crippen LogP contribution in [0.5, 0.6) is 23.0 Å². The largest absolute Gasteiger partial charge is 0.497 e. The summed E-state index contributed by atoms with van der Waals surface area (Å²) in [7, 11) is 1.32. The van der Waals surface area contributed by atoms with E-state index < -0.39 is 47.7 Å². The molecule has 11 nitrogen and oxygen atoms in total. The fourth-order valence-electron chi connectivity index (χ4n) is 5.69. The number of ether oxygens (including phenoxy) is 4. The molecule has 0 unspecified atom stereocenters. The molecule has 0 fully saturated rings. The number of hydrogen-bond donors (Lipinski definition) is 2. The number of esters is 1. The number of alkyl halides is 2. The number of amides is 2. The van der Waals surface area contributed by atoms with Crippen LogP contribution < -0.4 is 24.3 Å². The molecule has 0 saturated heterocycles. The Balaban J connectivity index is 0.00000331. The lowest BCUT2D eigenvalue weighted by atomic mass is 10.0. The van der Waals surface area contributed by atoms with Crippen molar-refractivity contribution in [2.45, 2.75) is 71.9 Å². The number of anilines is 1. The molecule has 0 saturated carbocycles. The predicted octanol–water partition coefficient (Wildman–Crippen LogP) is 8.64. The number of nitrogens with one attached hydrogen (secondary N) is 1. The topological polar surface area (TPSA) is 141 Å². The highest BCUT2D eigenvalue weighted by Gasteiger charge is 2.40. The highest BCUT2D eigenvalue weighted by molar-refractivity contribution is 5.99. The van der Waals surface area contributed by atoms with Gasteiger partial charge in [0.1, 0.15) is 23.8 Å². The maximum Gasteiger partial charge on any atom is 0.427 e. The predicted molar refractivity (Wildman–Crippen MR) is 202 cm³/mol. The summed E-state index contributed by atoms with van der Waals surface area (Å²) in [6.45, 7) is 5.86. The Kier molecular flexibility index (Phi) is 15.1. The van der Waals surface area contributed by atoms with Crippen molar-refractivity contribution in [1.82, 2.24) is 4.90 Å². The van der Waals surface area contributed by atoms with Crippen molar-refractivity contribution < 1.29 is 52.0 Å². The molecule has 4 aromatic carbocycles. The van der Waals surface area contributed by atoms with E-state index in [4.69, 9.17) is 18.9 Å². The van der Waals surface area contributed by atoms with E-state index in [1.165, 1.54) is 62.8 Å². The molecule has 0 aromatic heterocycles. The molecular weight excluding hydrogens is 714 g/mol. The van der Waals surface area contributed by atoms with Crippen LogP contribution in [0.1, 0.15) is 90.3 Å². The molecule has 55 heavy (non-hydrogen) atoms. The molecule has 1 heterocycles. The van der Waals surface area contributed by atoms with Gasteiger partial charge < -0.3 is 34.3 Å². The maximum atomic E-state index is 15.6. The first-order valence-electron chi connectivity index (χ1n) is 18.2. The fraction of sp³-hybridized carbons (Fsp3) is 0.333. The lowest BCUT2D eigenvalue weighted by Crippen LogP contribution is -2.35. The molecule has 1 aliphatic rings. The molecule has 0 spiro atoms. The Bertz CT molecular complexity index is 1930. The van der Waals surface area contributed by atoms with E-state index in [-0.39, 0.29) is 41.3 Å². The zero-order valence-corrected chi connectivity index (χ0v) is 31.4. The average molecular weight is 761 g/mol. The van der Waals surface area contributed by atoms with Crippen molar-refractivity contribution >= 4 is 29.4 Å². The molecule has 0 radical (unpaired) electrons. The number of carboxylic acid groups (broad SMARTS) is 1. The molecule has 292 valence electrons. The number of hydrogen-bond acceptors (Lipinski definition) is 8. The van der Waals surface area contributed by atoms with Crippen LogP contribution in [0.25, 0.3) is 0 Å². The van der Waals surface area contributed by atoms with E-state index in [1.54, 1.807) is 36.4 Å². The summed E-state index contributed by atoms with van der Waals surface area (Å²) in [5, 5.41) is 12.1. The van der Waals surface area contributed by atoms with Crippen molar-refractivity contribution in [3.63, 3.8) is 0 Å². The fourth-order valence-corrected chi connectivity index (χ4v) is 5.69. The summed E-state index contributed by atoms with van der Waals surface area (Å²) in [5.74, 6) is -2.78. The van der Waals surface area contributed by atoms with Crippen molar-refractivity contribution in [1.29, 1.82) is 0 Å². The summed E-state index contributed by atoms with van der Waals surface area (Å²) in [4.78, 5) is 51.9. The van der Waals surface area contributed by atoms with Crippen LogP contribution in [0.3, 0.4) is 0 Å². The number of methoxy groups -OCH3 is 1. The van der Waals surface area contributed by atoms with Gasteiger partial charge >= 0.3 is 18.0 Å². The van der Waals surface area contributed by atoms with Gasteiger partial charge in [0, 0.05) is 12.1 Å². The van der Waals surface area contributed by atoms with Gasteiger partial charge in [-0.05, 0) is 84.3 Å². The first kappa shape index (κ1) is 41.8. The zero-order valence-electron chi connectivity index (χ0n) is 31.4. The second-order valence-corrected chi connectivity index (χ2v) is 12.5. The van der Waals surface area contributed by atoms with Crippen LogP contribution in [0.2, 0.25) is 0 Å². The summed E-state index contributed by atoms with van der Waals surface area (Å²) in [6.07, 6.45) is 1.33. The SMILES string of the molecule is CC.CCCCCCCOc1ccc(C(=O)Oc2ccc(CN(CC(=O)O)C(=O)c3ccc4c(c3)OC(F)(F)c3cc(OC)ccc3CC(=O)N4)cc2)cc1. The molecule has 0 atom stereocenters. The molecule has 0 aliphatic carbocycles. The number of fused-ring (bicyclic) bond motifs is 2. The molecule has 4 aromatic rings. The molecule has 0 bridgehead atoms. The maximum absolute atomic E-state index is 15.6. The second-order valence-electron chi connectivity index (χ2n) is 12.5.